The van der Waals surface area contributed by atoms with E-state index in [1.165, 1.54) is 0 Å². The van der Waals surface area contributed by atoms with E-state index in [9.17, 15) is 4.79 Å². The molecule has 0 fully saturated rings. The van der Waals surface area contributed by atoms with Gasteiger partial charge in [0.05, 0.1) is 19.2 Å². The van der Waals surface area contributed by atoms with Crippen molar-refractivity contribution in [3.63, 3.8) is 0 Å². The lowest BCUT2D eigenvalue weighted by Crippen LogP contribution is -2.47. The molecule has 2 heterocycles. The number of aromatic nitrogens is 1. The van der Waals surface area contributed by atoms with Crippen LogP contribution in [-0.2, 0) is 17.8 Å². The van der Waals surface area contributed by atoms with Gasteiger partial charge in [-0.3, -0.25) is 20.6 Å². The van der Waals surface area contributed by atoms with E-state index in [2.05, 4.69) is 21.2 Å². The summed E-state index contributed by atoms with van der Waals surface area (Å²) in [5.41, 5.74) is 5.81. The molecule has 0 atom stereocenters. The lowest BCUT2D eigenvalue weighted by molar-refractivity contribution is -0.121. The molecule has 0 aliphatic heterocycles. The fraction of sp³-hybridized carbons (Fsp3) is 0.154. The van der Waals surface area contributed by atoms with Crippen LogP contribution in [0.25, 0.3) is 0 Å². The Bertz CT molecular complexity index is 557. The molecule has 0 aromatic carbocycles. The highest BCUT2D eigenvalue weighted by Crippen LogP contribution is 1.98. The average molecular weight is 290 g/mol. The van der Waals surface area contributed by atoms with E-state index in [4.69, 9.17) is 16.6 Å². The molecule has 104 valence electrons. The van der Waals surface area contributed by atoms with Gasteiger partial charge in [0.15, 0.2) is 5.11 Å². The zero-order valence-electron chi connectivity index (χ0n) is 10.6. The summed E-state index contributed by atoms with van der Waals surface area (Å²) < 4.78 is 5.14. The molecule has 2 aromatic rings. The monoisotopic (exact) mass is 290 g/mol. The fourth-order valence-electron chi connectivity index (χ4n) is 1.46. The number of hydrogen-bond acceptors (Lipinski definition) is 4. The summed E-state index contributed by atoms with van der Waals surface area (Å²) in [6.07, 6.45) is 3.42. The number of furan rings is 1. The predicted octanol–water partition coefficient (Wildman–Crippen LogP) is 0.913. The number of nitrogens with one attached hydrogen (secondary N) is 3. The third-order valence-corrected chi connectivity index (χ3v) is 2.63. The summed E-state index contributed by atoms with van der Waals surface area (Å²) in [6.45, 7) is 0.453. The van der Waals surface area contributed by atoms with Crippen LogP contribution in [0.3, 0.4) is 0 Å². The molecule has 0 aliphatic carbocycles. The van der Waals surface area contributed by atoms with Crippen molar-refractivity contribution in [2.24, 2.45) is 0 Å². The molecule has 6 nitrogen and oxygen atoms in total. The van der Waals surface area contributed by atoms with Crippen LogP contribution in [0.5, 0.6) is 0 Å². The van der Waals surface area contributed by atoms with E-state index in [1.807, 2.05) is 12.1 Å². The summed E-state index contributed by atoms with van der Waals surface area (Å²) in [5, 5.41) is 3.22. The first kappa shape index (κ1) is 14.0. The first-order chi connectivity index (χ1) is 9.74. The second kappa shape index (κ2) is 7.25. The van der Waals surface area contributed by atoms with Crippen molar-refractivity contribution in [3.8, 4) is 0 Å². The van der Waals surface area contributed by atoms with Crippen LogP contribution in [0.15, 0.2) is 47.2 Å². The predicted molar refractivity (Wildman–Crippen MR) is 77.4 cm³/mol. The summed E-state index contributed by atoms with van der Waals surface area (Å²) in [7, 11) is 0. The largest absolute Gasteiger partial charge is 0.467 e. The number of carbonyl (C=O) groups excluding carboxylic acids is 1. The van der Waals surface area contributed by atoms with Crippen LogP contribution in [-0.4, -0.2) is 16.0 Å². The third kappa shape index (κ3) is 4.69. The molecule has 0 radical (unpaired) electrons. The molecule has 0 unspecified atom stereocenters. The zero-order valence-corrected chi connectivity index (χ0v) is 11.4. The Balaban J connectivity index is 1.66. The lowest BCUT2D eigenvalue weighted by atomic mass is 10.3. The van der Waals surface area contributed by atoms with Gasteiger partial charge in [0.25, 0.3) is 0 Å². The second-order valence-corrected chi connectivity index (χ2v) is 4.34. The van der Waals surface area contributed by atoms with E-state index >= 15 is 0 Å². The van der Waals surface area contributed by atoms with Gasteiger partial charge < -0.3 is 9.73 Å². The maximum Gasteiger partial charge on any atom is 0.244 e. The SMILES string of the molecule is O=C(Cc1ccccn1)NNC(=S)NCc1ccco1. The lowest BCUT2D eigenvalue weighted by Gasteiger charge is -2.10. The van der Waals surface area contributed by atoms with Gasteiger partial charge in [-0.2, -0.15) is 0 Å². The number of nitrogens with zero attached hydrogens (tertiary/aromatic N) is 1. The first-order valence-electron chi connectivity index (χ1n) is 5.99. The van der Waals surface area contributed by atoms with Crippen LogP contribution in [0.4, 0.5) is 0 Å². The van der Waals surface area contributed by atoms with Crippen molar-refractivity contribution >= 4 is 23.2 Å². The highest BCUT2D eigenvalue weighted by molar-refractivity contribution is 7.80. The number of pyridine rings is 1. The van der Waals surface area contributed by atoms with Gasteiger partial charge >= 0.3 is 0 Å². The van der Waals surface area contributed by atoms with Gasteiger partial charge in [-0.25, -0.2) is 0 Å². The number of thiocarbonyl (C=S) groups is 1. The van der Waals surface area contributed by atoms with Gasteiger partial charge in [-0.05, 0) is 36.5 Å². The third-order valence-electron chi connectivity index (χ3n) is 2.39. The molecular weight excluding hydrogens is 276 g/mol. The zero-order chi connectivity index (χ0) is 14.2. The number of hydrazine groups is 1. The van der Waals surface area contributed by atoms with Crippen molar-refractivity contribution in [2.45, 2.75) is 13.0 Å². The summed E-state index contributed by atoms with van der Waals surface area (Å²) in [4.78, 5) is 15.7. The van der Waals surface area contributed by atoms with Crippen LogP contribution >= 0.6 is 12.2 Å². The smallest absolute Gasteiger partial charge is 0.244 e. The summed E-state index contributed by atoms with van der Waals surface area (Å²) in [5.74, 6) is 0.541. The van der Waals surface area contributed by atoms with Crippen molar-refractivity contribution in [2.75, 3.05) is 0 Å². The van der Waals surface area contributed by atoms with Gasteiger partial charge in [0.1, 0.15) is 5.76 Å². The van der Waals surface area contributed by atoms with Gasteiger partial charge in [-0.1, -0.05) is 6.07 Å². The van der Waals surface area contributed by atoms with E-state index in [0.717, 1.165) is 5.76 Å². The molecule has 2 aromatic heterocycles. The maximum absolute atomic E-state index is 11.6. The number of rotatable bonds is 4. The Morgan fingerprint density at radius 2 is 2.15 bits per heavy atom. The highest BCUT2D eigenvalue weighted by atomic mass is 32.1. The molecule has 3 N–H and O–H groups in total. The van der Waals surface area contributed by atoms with E-state index in [1.54, 1.807) is 30.7 Å². The molecule has 1 amide bonds. The van der Waals surface area contributed by atoms with Gasteiger partial charge in [0, 0.05) is 11.9 Å². The molecule has 0 saturated heterocycles. The average Bonchev–Trinajstić information content (AvgIpc) is 2.97. The topological polar surface area (TPSA) is 79.2 Å². The Morgan fingerprint density at radius 1 is 1.25 bits per heavy atom. The quantitative estimate of drug-likeness (QED) is 0.574. The first-order valence-corrected chi connectivity index (χ1v) is 6.40. The highest BCUT2D eigenvalue weighted by Gasteiger charge is 2.04. The maximum atomic E-state index is 11.6. The van der Waals surface area contributed by atoms with Crippen LogP contribution < -0.4 is 16.2 Å². The van der Waals surface area contributed by atoms with Crippen LogP contribution in [0, 0.1) is 0 Å². The molecule has 7 heteroatoms. The van der Waals surface area contributed by atoms with E-state index in [-0.39, 0.29) is 12.3 Å². The van der Waals surface area contributed by atoms with Crippen molar-refractivity contribution in [1.82, 2.24) is 21.2 Å². The number of hydrogen-bond donors (Lipinski definition) is 3. The number of amides is 1. The molecular formula is C13H14N4O2S. The van der Waals surface area contributed by atoms with E-state index in [0.29, 0.717) is 17.4 Å². The Kier molecular flexibility index (Phi) is 5.08. The summed E-state index contributed by atoms with van der Waals surface area (Å²) in [6, 6.07) is 9.04. The van der Waals surface area contributed by atoms with Crippen molar-refractivity contribution < 1.29 is 9.21 Å². The fourth-order valence-corrected chi connectivity index (χ4v) is 1.59. The molecule has 0 spiro atoms. The van der Waals surface area contributed by atoms with Gasteiger partial charge in [-0.15, -0.1) is 0 Å². The summed E-state index contributed by atoms with van der Waals surface area (Å²) >= 11 is 5.02. The minimum Gasteiger partial charge on any atom is -0.467 e. The van der Waals surface area contributed by atoms with Crippen LogP contribution in [0.2, 0.25) is 0 Å². The molecule has 2 rings (SSSR count). The van der Waals surface area contributed by atoms with E-state index < -0.39 is 0 Å². The van der Waals surface area contributed by atoms with Gasteiger partial charge in [0.2, 0.25) is 5.91 Å². The Labute approximate surface area is 121 Å². The number of carbonyl (C=O) groups is 1. The van der Waals surface area contributed by atoms with Crippen molar-refractivity contribution in [3.05, 3.63) is 54.2 Å². The standard InChI is InChI=1S/C13H14N4O2S/c18-12(8-10-4-1-2-6-14-10)16-17-13(20)15-9-11-5-3-7-19-11/h1-7H,8-9H2,(H,16,18)(H2,15,17,20). The minimum absolute atomic E-state index is 0.189. The minimum atomic E-state index is -0.217. The molecule has 0 aliphatic rings. The Hall–Kier alpha value is -2.41. The van der Waals surface area contributed by atoms with Crippen molar-refractivity contribution in [1.29, 1.82) is 0 Å². The second-order valence-electron chi connectivity index (χ2n) is 3.93. The molecule has 0 bridgehead atoms. The Morgan fingerprint density at radius 3 is 2.85 bits per heavy atom. The molecule has 0 saturated carbocycles. The molecule has 20 heavy (non-hydrogen) atoms. The van der Waals surface area contributed by atoms with Crippen LogP contribution in [0.1, 0.15) is 11.5 Å². The normalized spacial score (nSPS) is 9.80.